The highest BCUT2D eigenvalue weighted by molar-refractivity contribution is 5.95. The molecule has 10 heteroatoms. The lowest BCUT2D eigenvalue weighted by Crippen LogP contribution is -2.27. The van der Waals surface area contributed by atoms with Gasteiger partial charge < -0.3 is 24.6 Å². The van der Waals surface area contributed by atoms with Crippen LogP contribution in [0.2, 0.25) is 0 Å². The van der Waals surface area contributed by atoms with Crippen LogP contribution in [-0.4, -0.2) is 48.0 Å². The van der Waals surface area contributed by atoms with E-state index in [9.17, 15) is 4.79 Å². The zero-order chi connectivity index (χ0) is 23.7. The summed E-state index contributed by atoms with van der Waals surface area (Å²) in [4.78, 5) is 12.8. The highest BCUT2D eigenvalue weighted by atomic mass is 19.1. The molecule has 2 aromatic carbocycles. The summed E-state index contributed by atoms with van der Waals surface area (Å²) in [5, 5.41) is 28.4. The first kappa shape index (κ1) is 24.9. The average molecular weight is 449 g/mol. The van der Waals surface area contributed by atoms with E-state index in [1.165, 1.54) is 6.07 Å². The van der Waals surface area contributed by atoms with Gasteiger partial charge >= 0.3 is 5.97 Å². The fourth-order valence-corrected chi connectivity index (χ4v) is 2.84. The summed E-state index contributed by atoms with van der Waals surface area (Å²) in [7, 11) is 0. The third-order valence-electron chi connectivity index (χ3n) is 4.21. The molecule has 2 aromatic rings. The molecule has 0 fully saturated rings. The number of hydrogen-bond donors (Lipinski definition) is 5. The number of carbonyl (C=O) groups excluding carboxylic acids is 1. The second-order valence-corrected chi connectivity index (χ2v) is 6.95. The summed E-state index contributed by atoms with van der Waals surface area (Å²) >= 11 is 0. The molecule has 0 saturated carbocycles. The van der Waals surface area contributed by atoms with Gasteiger partial charge in [0.2, 0.25) is 0 Å². The molecule has 5 N–H and O–H groups in total. The number of rotatable bonds is 11. The molecule has 0 heterocycles. The van der Waals surface area contributed by atoms with Crippen molar-refractivity contribution >= 4 is 17.5 Å². The van der Waals surface area contributed by atoms with Crippen molar-refractivity contribution in [1.82, 2.24) is 5.48 Å². The SMILES string of the molecule is CCOc1cc([C@H](Nc2ccc(C(=N)NO)cc2)C(=O)OC(C)C)c(F)cc1OCCO. The molecule has 0 aliphatic carbocycles. The molecule has 174 valence electrons. The van der Waals surface area contributed by atoms with Crippen molar-refractivity contribution in [1.29, 1.82) is 5.41 Å². The van der Waals surface area contributed by atoms with Crippen LogP contribution >= 0.6 is 0 Å². The van der Waals surface area contributed by atoms with Crippen LogP contribution in [0.4, 0.5) is 10.1 Å². The van der Waals surface area contributed by atoms with Crippen LogP contribution in [0.25, 0.3) is 0 Å². The van der Waals surface area contributed by atoms with Gasteiger partial charge in [-0.2, -0.15) is 0 Å². The zero-order valence-electron chi connectivity index (χ0n) is 18.1. The van der Waals surface area contributed by atoms with E-state index in [4.69, 9.17) is 29.9 Å². The van der Waals surface area contributed by atoms with Gasteiger partial charge in [0, 0.05) is 22.9 Å². The Morgan fingerprint density at radius 1 is 1.16 bits per heavy atom. The second kappa shape index (κ2) is 11.9. The summed E-state index contributed by atoms with van der Waals surface area (Å²) in [5.41, 5.74) is 2.61. The van der Waals surface area contributed by atoms with E-state index in [2.05, 4.69) is 5.32 Å². The van der Waals surface area contributed by atoms with Gasteiger partial charge in [0.15, 0.2) is 17.5 Å². The van der Waals surface area contributed by atoms with Crippen molar-refractivity contribution < 1.29 is 33.7 Å². The van der Waals surface area contributed by atoms with Crippen molar-refractivity contribution in [2.75, 3.05) is 25.1 Å². The number of aliphatic hydroxyl groups excluding tert-OH is 1. The molecule has 0 spiro atoms. The largest absolute Gasteiger partial charge is 0.490 e. The Labute approximate surface area is 185 Å². The molecule has 0 aliphatic heterocycles. The lowest BCUT2D eigenvalue weighted by molar-refractivity contribution is -0.148. The summed E-state index contributed by atoms with van der Waals surface area (Å²) in [6, 6.07) is 7.52. The summed E-state index contributed by atoms with van der Waals surface area (Å²) in [6.07, 6.45) is -0.424. The van der Waals surface area contributed by atoms with E-state index >= 15 is 4.39 Å². The second-order valence-electron chi connectivity index (χ2n) is 6.95. The highest BCUT2D eigenvalue weighted by Crippen LogP contribution is 2.35. The molecule has 0 saturated heterocycles. The Hall–Kier alpha value is -3.37. The Bertz CT molecular complexity index is 921. The van der Waals surface area contributed by atoms with E-state index < -0.39 is 23.9 Å². The number of halogens is 1. The van der Waals surface area contributed by atoms with Gasteiger partial charge in [0.25, 0.3) is 0 Å². The van der Waals surface area contributed by atoms with E-state index in [0.717, 1.165) is 6.07 Å². The average Bonchev–Trinajstić information content (AvgIpc) is 2.77. The minimum Gasteiger partial charge on any atom is -0.490 e. The maximum Gasteiger partial charge on any atom is 0.333 e. The Kier molecular flexibility index (Phi) is 9.23. The number of amidine groups is 1. The maximum absolute atomic E-state index is 15.1. The Balaban J connectivity index is 2.44. The first-order chi connectivity index (χ1) is 15.3. The molecule has 0 amide bonds. The molecule has 0 bridgehead atoms. The molecule has 32 heavy (non-hydrogen) atoms. The molecule has 9 nitrogen and oxygen atoms in total. The van der Waals surface area contributed by atoms with E-state index in [0.29, 0.717) is 11.3 Å². The molecule has 0 aromatic heterocycles. The number of anilines is 1. The van der Waals surface area contributed by atoms with Gasteiger partial charge in [-0.15, -0.1) is 0 Å². The summed E-state index contributed by atoms with van der Waals surface area (Å²) in [5.74, 6) is -1.28. The minimum atomic E-state index is -1.20. The van der Waals surface area contributed by atoms with Crippen molar-refractivity contribution in [3.8, 4) is 11.5 Å². The van der Waals surface area contributed by atoms with Gasteiger partial charge in [0.05, 0.1) is 19.3 Å². The number of aliphatic hydroxyl groups is 1. The van der Waals surface area contributed by atoms with Crippen LogP contribution in [0.15, 0.2) is 36.4 Å². The molecular formula is C22H28FN3O6. The fourth-order valence-electron chi connectivity index (χ4n) is 2.84. The van der Waals surface area contributed by atoms with Crippen molar-refractivity contribution in [2.24, 2.45) is 0 Å². The van der Waals surface area contributed by atoms with Gasteiger partial charge in [-0.25, -0.2) is 9.18 Å². The predicted octanol–water partition coefficient (Wildman–Crippen LogP) is 3.00. The zero-order valence-corrected chi connectivity index (χ0v) is 18.1. The third kappa shape index (κ3) is 6.56. The van der Waals surface area contributed by atoms with Gasteiger partial charge in [-0.05, 0) is 51.1 Å². The molecule has 0 radical (unpaired) electrons. The van der Waals surface area contributed by atoms with Gasteiger partial charge in [-0.1, -0.05) is 0 Å². The van der Waals surface area contributed by atoms with E-state index in [1.54, 1.807) is 50.5 Å². The van der Waals surface area contributed by atoms with Crippen LogP contribution in [0.3, 0.4) is 0 Å². The molecular weight excluding hydrogens is 421 g/mol. The molecule has 1 atom stereocenters. The fraction of sp³-hybridized carbons (Fsp3) is 0.364. The topological polar surface area (TPSA) is 133 Å². The van der Waals surface area contributed by atoms with Crippen LogP contribution in [0, 0.1) is 11.2 Å². The first-order valence-electron chi connectivity index (χ1n) is 10.1. The van der Waals surface area contributed by atoms with Gasteiger partial charge in [-0.3, -0.25) is 16.1 Å². The quantitative estimate of drug-likeness (QED) is 0.153. The van der Waals surface area contributed by atoms with Gasteiger partial charge in [0.1, 0.15) is 18.3 Å². The van der Waals surface area contributed by atoms with Crippen LogP contribution in [0.5, 0.6) is 11.5 Å². The number of hydrogen-bond acceptors (Lipinski definition) is 8. The van der Waals surface area contributed by atoms with Crippen molar-refractivity contribution in [3.05, 3.63) is 53.3 Å². The molecule has 0 unspecified atom stereocenters. The lowest BCUT2D eigenvalue weighted by Gasteiger charge is -2.22. The summed E-state index contributed by atoms with van der Waals surface area (Å²) in [6.45, 7) is 5.11. The molecule has 2 rings (SSSR count). The number of benzene rings is 2. The Morgan fingerprint density at radius 3 is 2.38 bits per heavy atom. The standard InChI is InChI=1S/C22H28FN3O6/c1-4-30-18-11-16(17(23)12-19(18)31-10-9-27)20(22(28)32-13(2)3)25-15-7-5-14(6-8-15)21(24)26-29/h5-8,11-13,20,25,27,29H,4,9-10H2,1-3H3,(H2,24,26)/t20-/m0/s1. The lowest BCUT2D eigenvalue weighted by atomic mass is 10.0. The third-order valence-corrected chi connectivity index (χ3v) is 4.21. The first-order valence-corrected chi connectivity index (χ1v) is 10.1. The minimum absolute atomic E-state index is 0.00991. The Morgan fingerprint density at radius 2 is 1.81 bits per heavy atom. The molecule has 0 aliphatic rings. The van der Waals surface area contributed by atoms with Crippen LogP contribution in [0.1, 0.15) is 37.9 Å². The predicted molar refractivity (Wildman–Crippen MR) is 116 cm³/mol. The van der Waals surface area contributed by atoms with Crippen LogP contribution < -0.4 is 20.3 Å². The summed E-state index contributed by atoms with van der Waals surface area (Å²) < 4.78 is 31.3. The highest BCUT2D eigenvalue weighted by Gasteiger charge is 2.28. The smallest absolute Gasteiger partial charge is 0.333 e. The monoisotopic (exact) mass is 449 g/mol. The van der Waals surface area contributed by atoms with Crippen LogP contribution in [-0.2, 0) is 9.53 Å². The number of nitrogens with one attached hydrogen (secondary N) is 3. The maximum atomic E-state index is 15.1. The number of hydroxylamine groups is 1. The van der Waals surface area contributed by atoms with E-state index in [1.807, 2.05) is 0 Å². The van der Waals surface area contributed by atoms with Crippen molar-refractivity contribution in [2.45, 2.75) is 32.9 Å². The normalized spacial score (nSPS) is 11.6. The van der Waals surface area contributed by atoms with E-state index in [-0.39, 0.29) is 42.7 Å². The van der Waals surface area contributed by atoms with Crippen molar-refractivity contribution in [3.63, 3.8) is 0 Å². The number of carbonyl (C=O) groups is 1. The number of ether oxygens (including phenoxy) is 3. The number of esters is 1.